The molecule has 0 aromatic heterocycles. The number of ether oxygens (including phenoxy) is 2. The predicted molar refractivity (Wildman–Crippen MR) is 142 cm³/mol. The zero-order valence-corrected chi connectivity index (χ0v) is 21.5. The topological polar surface area (TPSA) is 93.7 Å². The highest BCUT2D eigenvalue weighted by molar-refractivity contribution is 5.94. The molecule has 0 saturated heterocycles. The van der Waals surface area contributed by atoms with E-state index in [1.807, 2.05) is 66.7 Å². The van der Waals surface area contributed by atoms with Gasteiger partial charge in [0.2, 0.25) is 0 Å². The molecule has 2 amide bonds. The van der Waals surface area contributed by atoms with E-state index in [2.05, 4.69) is 10.6 Å². The van der Waals surface area contributed by atoms with E-state index in [9.17, 15) is 14.4 Å². The number of alkyl carbamates (subject to hydrolysis) is 1. The number of hydrogen-bond donors (Lipinski definition) is 2. The molecule has 194 valence electrons. The lowest BCUT2D eigenvalue weighted by Gasteiger charge is -2.24. The number of rotatable bonds is 10. The standard InChI is InChI=1S/C30H34N2O5/c1-30(2,3)37-29(35)32-26(20-23-15-9-5-10-16-23)28(34)36-21-25(19-22-13-7-4-8-14-22)31-27(33)24-17-11-6-12-18-24/h4-18,25-26H,19-21H2,1-3H3,(H,31,33)(H,32,35)/t25-,26+/m1/s1. The third-order valence-electron chi connectivity index (χ3n) is 5.38. The van der Waals surface area contributed by atoms with Crippen LogP contribution in [0.1, 0.15) is 42.3 Å². The molecule has 0 saturated carbocycles. The van der Waals surface area contributed by atoms with Crippen LogP contribution in [-0.4, -0.2) is 42.3 Å². The first-order chi connectivity index (χ1) is 17.7. The molecule has 7 heteroatoms. The van der Waals surface area contributed by atoms with Gasteiger partial charge in [0.1, 0.15) is 18.2 Å². The zero-order chi connectivity index (χ0) is 26.7. The van der Waals surface area contributed by atoms with Gasteiger partial charge in [0.15, 0.2) is 0 Å². The maximum Gasteiger partial charge on any atom is 0.408 e. The summed E-state index contributed by atoms with van der Waals surface area (Å²) < 4.78 is 11.0. The van der Waals surface area contributed by atoms with E-state index >= 15 is 0 Å². The number of nitrogens with one attached hydrogen (secondary N) is 2. The van der Waals surface area contributed by atoms with Gasteiger partial charge in [-0.05, 0) is 50.5 Å². The number of carbonyl (C=O) groups is 3. The molecule has 0 bridgehead atoms. The summed E-state index contributed by atoms with van der Waals surface area (Å²) in [4.78, 5) is 38.4. The minimum absolute atomic E-state index is 0.0619. The highest BCUT2D eigenvalue weighted by atomic mass is 16.6. The fraction of sp³-hybridized carbons (Fsp3) is 0.300. The second-order valence-electron chi connectivity index (χ2n) is 9.74. The van der Waals surface area contributed by atoms with Crippen molar-refractivity contribution < 1.29 is 23.9 Å². The van der Waals surface area contributed by atoms with Gasteiger partial charge in [0.05, 0.1) is 6.04 Å². The molecule has 0 aliphatic rings. The van der Waals surface area contributed by atoms with Gasteiger partial charge < -0.3 is 20.1 Å². The van der Waals surface area contributed by atoms with Crippen molar-refractivity contribution in [1.29, 1.82) is 0 Å². The molecular formula is C30H34N2O5. The molecular weight excluding hydrogens is 468 g/mol. The van der Waals surface area contributed by atoms with Crippen molar-refractivity contribution >= 4 is 18.0 Å². The Morgan fingerprint density at radius 1 is 0.730 bits per heavy atom. The number of amides is 2. The quantitative estimate of drug-likeness (QED) is 0.392. The highest BCUT2D eigenvalue weighted by Crippen LogP contribution is 2.11. The Morgan fingerprint density at radius 3 is 1.78 bits per heavy atom. The van der Waals surface area contributed by atoms with Gasteiger partial charge in [-0.1, -0.05) is 78.9 Å². The summed E-state index contributed by atoms with van der Waals surface area (Å²) >= 11 is 0. The van der Waals surface area contributed by atoms with Crippen LogP contribution in [-0.2, 0) is 27.1 Å². The molecule has 2 atom stereocenters. The van der Waals surface area contributed by atoms with E-state index in [-0.39, 0.29) is 18.9 Å². The summed E-state index contributed by atoms with van der Waals surface area (Å²) in [6.45, 7) is 5.19. The van der Waals surface area contributed by atoms with Gasteiger partial charge in [0.25, 0.3) is 5.91 Å². The third-order valence-corrected chi connectivity index (χ3v) is 5.38. The van der Waals surface area contributed by atoms with Crippen LogP contribution in [0.5, 0.6) is 0 Å². The first-order valence-electron chi connectivity index (χ1n) is 12.3. The first-order valence-corrected chi connectivity index (χ1v) is 12.3. The van der Waals surface area contributed by atoms with E-state index < -0.39 is 29.7 Å². The van der Waals surface area contributed by atoms with Crippen molar-refractivity contribution in [1.82, 2.24) is 10.6 Å². The Balaban J connectivity index is 1.71. The second kappa shape index (κ2) is 13.3. The average molecular weight is 503 g/mol. The van der Waals surface area contributed by atoms with Crippen LogP contribution in [0.3, 0.4) is 0 Å². The largest absolute Gasteiger partial charge is 0.462 e. The summed E-state index contributed by atoms with van der Waals surface area (Å²) in [6.07, 6.45) is -0.00244. The Morgan fingerprint density at radius 2 is 1.24 bits per heavy atom. The lowest BCUT2D eigenvalue weighted by atomic mass is 10.1. The summed E-state index contributed by atoms with van der Waals surface area (Å²) in [5.41, 5.74) is 1.65. The highest BCUT2D eigenvalue weighted by Gasteiger charge is 2.27. The van der Waals surface area contributed by atoms with E-state index in [1.54, 1.807) is 45.0 Å². The molecule has 3 rings (SSSR count). The fourth-order valence-electron chi connectivity index (χ4n) is 3.68. The van der Waals surface area contributed by atoms with Crippen LogP contribution < -0.4 is 10.6 Å². The van der Waals surface area contributed by atoms with Crippen LogP contribution in [0.2, 0.25) is 0 Å². The average Bonchev–Trinajstić information content (AvgIpc) is 2.87. The lowest BCUT2D eigenvalue weighted by Crippen LogP contribution is -2.47. The van der Waals surface area contributed by atoms with Crippen molar-refractivity contribution in [2.24, 2.45) is 0 Å². The number of esters is 1. The molecule has 0 spiro atoms. The van der Waals surface area contributed by atoms with E-state index in [1.165, 1.54) is 0 Å². The second-order valence-corrected chi connectivity index (χ2v) is 9.74. The van der Waals surface area contributed by atoms with Gasteiger partial charge >= 0.3 is 12.1 Å². The van der Waals surface area contributed by atoms with Gasteiger partial charge in [-0.15, -0.1) is 0 Å². The maximum absolute atomic E-state index is 13.2. The van der Waals surface area contributed by atoms with Crippen LogP contribution >= 0.6 is 0 Å². The van der Waals surface area contributed by atoms with Gasteiger partial charge in [0, 0.05) is 12.0 Å². The van der Waals surface area contributed by atoms with Crippen LogP contribution in [0, 0.1) is 0 Å². The normalized spacial score (nSPS) is 12.6. The Hall–Kier alpha value is -4.13. The van der Waals surface area contributed by atoms with Crippen molar-refractivity contribution in [3.05, 3.63) is 108 Å². The number of hydrogen-bond acceptors (Lipinski definition) is 5. The molecule has 37 heavy (non-hydrogen) atoms. The van der Waals surface area contributed by atoms with Crippen molar-refractivity contribution in [3.63, 3.8) is 0 Å². The Kier molecular flexibility index (Phi) is 9.84. The monoisotopic (exact) mass is 502 g/mol. The van der Waals surface area contributed by atoms with Crippen LogP contribution in [0.15, 0.2) is 91.0 Å². The molecule has 7 nitrogen and oxygen atoms in total. The summed E-state index contributed by atoms with van der Waals surface area (Å²) in [5.74, 6) is -0.868. The summed E-state index contributed by atoms with van der Waals surface area (Å²) in [7, 11) is 0. The molecule has 0 fully saturated rings. The summed E-state index contributed by atoms with van der Waals surface area (Å²) in [6, 6.07) is 26.4. The Bertz CT molecular complexity index is 1140. The van der Waals surface area contributed by atoms with Crippen molar-refractivity contribution in [3.8, 4) is 0 Å². The summed E-state index contributed by atoms with van der Waals surface area (Å²) in [5, 5.41) is 5.61. The molecule has 0 aliphatic carbocycles. The van der Waals surface area contributed by atoms with Crippen molar-refractivity contribution in [2.75, 3.05) is 6.61 Å². The van der Waals surface area contributed by atoms with Gasteiger partial charge in [-0.25, -0.2) is 9.59 Å². The van der Waals surface area contributed by atoms with E-state index in [0.29, 0.717) is 12.0 Å². The van der Waals surface area contributed by atoms with E-state index in [0.717, 1.165) is 11.1 Å². The molecule has 0 aliphatic heterocycles. The first kappa shape index (κ1) is 27.5. The smallest absolute Gasteiger partial charge is 0.408 e. The third kappa shape index (κ3) is 9.80. The molecule has 3 aromatic carbocycles. The molecule has 0 heterocycles. The van der Waals surface area contributed by atoms with Gasteiger partial charge in [-0.3, -0.25) is 4.79 Å². The predicted octanol–water partition coefficient (Wildman–Crippen LogP) is 4.71. The molecule has 2 N–H and O–H groups in total. The van der Waals surface area contributed by atoms with E-state index in [4.69, 9.17) is 9.47 Å². The maximum atomic E-state index is 13.2. The van der Waals surface area contributed by atoms with Gasteiger partial charge in [-0.2, -0.15) is 0 Å². The van der Waals surface area contributed by atoms with Crippen LogP contribution in [0.4, 0.5) is 4.79 Å². The molecule has 0 radical (unpaired) electrons. The minimum atomic E-state index is -0.959. The number of carbonyl (C=O) groups excluding carboxylic acids is 3. The van der Waals surface area contributed by atoms with Crippen molar-refractivity contribution in [2.45, 2.75) is 51.3 Å². The lowest BCUT2D eigenvalue weighted by molar-refractivity contribution is -0.146. The molecule has 0 unspecified atom stereocenters. The Labute approximate surface area is 218 Å². The minimum Gasteiger partial charge on any atom is -0.462 e. The zero-order valence-electron chi connectivity index (χ0n) is 21.5. The molecule has 3 aromatic rings. The SMILES string of the molecule is CC(C)(C)OC(=O)N[C@@H](Cc1ccccc1)C(=O)OC[C@@H](Cc1ccccc1)NC(=O)c1ccccc1. The fourth-order valence-corrected chi connectivity index (χ4v) is 3.68. The van der Waals surface area contributed by atoms with Crippen LogP contribution in [0.25, 0.3) is 0 Å². The number of benzene rings is 3.